The maximum absolute atomic E-state index is 6.11. The summed E-state index contributed by atoms with van der Waals surface area (Å²) in [5.74, 6) is 0. The highest BCUT2D eigenvalue weighted by Crippen LogP contribution is 2.37. The summed E-state index contributed by atoms with van der Waals surface area (Å²) in [6.07, 6.45) is 4.31. The van der Waals surface area contributed by atoms with Crippen LogP contribution >= 0.6 is 15.9 Å². The van der Waals surface area contributed by atoms with E-state index in [9.17, 15) is 0 Å². The molecule has 2 rings (SSSR count). The van der Waals surface area contributed by atoms with E-state index in [0.29, 0.717) is 0 Å². The molecule has 6 heteroatoms. The molecular weight excluding hydrogens is 321 g/mol. The van der Waals surface area contributed by atoms with Crippen molar-refractivity contribution in [2.24, 2.45) is 0 Å². The first kappa shape index (κ1) is 15.4. The molecule has 0 aliphatic carbocycles. The minimum atomic E-state index is -1.39. The predicted octanol–water partition coefficient (Wildman–Crippen LogP) is 3.23. The fourth-order valence-electron chi connectivity index (χ4n) is 1.98. The van der Waals surface area contributed by atoms with Crippen molar-refractivity contribution >= 4 is 36.7 Å². The summed E-state index contributed by atoms with van der Waals surface area (Å²) in [7, 11) is -1.69. The van der Waals surface area contributed by atoms with Crippen molar-refractivity contribution in [1.82, 2.24) is 4.23 Å². The van der Waals surface area contributed by atoms with Crippen LogP contribution in [0.3, 0.4) is 0 Å². The first-order valence-electron chi connectivity index (χ1n) is 6.67. The molecule has 0 N–H and O–H groups in total. The summed E-state index contributed by atoms with van der Waals surface area (Å²) in [6, 6.07) is 0. The molecule has 0 spiro atoms. The zero-order chi connectivity index (χ0) is 14.6. The summed E-state index contributed by atoms with van der Waals surface area (Å²) in [5, 5.41) is 0. The van der Waals surface area contributed by atoms with Crippen molar-refractivity contribution in [2.75, 3.05) is 0 Å². The standard InChI is InChI=1S/C13H23BBrNO2Si/c1-12(2)13(3,4)18-14(17-12)10-8-16(9-11(10)15)19(5,6)7/h8-9H,1-7H3. The van der Waals surface area contributed by atoms with Gasteiger partial charge in [0, 0.05) is 16.1 Å². The number of rotatable bonds is 2. The Morgan fingerprint density at radius 1 is 1.05 bits per heavy atom. The predicted molar refractivity (Wildman–Crippen MR) is 86.6 cm³/mol. The molecule has 0 saturated carbocycles. The molecule has 1 saturated heterocycles. The summed E-state index contributed by atoms with van der Waals surface area (Å²) in [5.41, 5.74) is 0.498. The molecule has 0 aromatic carbocycles. The van der Waals surface area contributed by atoms with Gasteiger partial charge in [0.25, 0.3) is 0 Å². The van der Waals surface area contributed by atoms with Crippen LogP contribution in [0.5, 0.6) is 0 Å². The van der Waals surface area contributed by atoms with Gasteiger partial charge in [0.05, 0.1) is 11.2 Å². The van der Waals surface area contributed by atoms with E-state index in [1.165, 1.54) is 0 Å². The molecule has 0 atom stereocenters. The summed E-state index contributed by atoms with van der Waals surface area (Å²) < 4.78 is 15.6. The molecule has 2 heterocycles. The molecule has 0 amide bonds. The Kier molecular flexibility index (Phi) is 3.62. The topological polar surface area (TPSA) is 23.4 Å². The summed E-state index contributed by atoms with van der Waals surface area (Å²) in [4.78, 5) is 0. The lowest BCUT2D eigenvalue weighted by Crippen LogP contribution is -2.41. The largest absolute Gasteiger partial charge is 0.497 e. The van der Waals surface area contributed by atoms with E-state index in [1.54, 1.807) is 0 Å². The first-order valence-corrected chi connectivity index (χ1v) is 10.9. The zero-order valence-electron chi connectivity index (χ0n) is 12.9. The molecule has 1 fully saturated rings. The Balaban J connectivity index is 2.33. The normalized spacial score (nSPS) is 22.0. The van der Waals surface area contributed by atoms with Gasteiger partial charge in [-0.15, -0.1) is 0 Å². The molecule has 106 valence electrons. The highest BCUT2D eigenvalue weighted by atomic mass is 79.9. The van der Waals surface area contributed by atoms with Crippen LogP contribution in [0.25, 0.3) is 0 Å². The van der Waals surface area contributed by atoms with E-state index in [-0.39, 0.29) is 18.3 Å². The van der Waals surface area contributed by atoms with Crippen LogP contribution in [-0.2, 0) is 9.31 Å². The monoisotopic (exact) mass is 343 g/mol. The molecule has 1 aliphatic heterocycles. The molecule has 0 radical (unpaired) electrons. The fraction of sp³-hybridized carbons (Fsp3) is 0.692. The number of aromatic nitrogens is 1. The van der Waals surface area contributed by atoms with E-state index in [1.807, 2.05) is 0 Å². The van der Waals surface area contributed by atoms with Crippen molar-refractivity contribution in [1.29, 1.82) is 0 Å². The van der Waals surface area contributed by atoms with Crippen LogP contribution in [0.2, 0.25) is 19.6 Å². The number of nitrogens with zero attached hydrogens (tertiary/aromatic N) is 1. The van der Waals surface area contributed by atoms with Crippen LogP contribution in [0.4, 0.5) is 0 Å². The van der Waals surface area contributed by atoms with Crippen LogP contribution in [0, 0.1) is 0 Å². The molecule has 0 bridgehead atoms. The first-order chi connectivity index (χ1) is 8.44. The quantitative estimate of drug-likeness (QED) is 0.769. The van der Waals surface area contributed by atoms with Gasteiger partial charge in [-0.2, -0.15) is 0 Å². The van der Waals surface area contributed by atoms with Gasteiger partial charge >= 0.3 is 7.12 Å². The highest BCUT2D eigenvalue weighted by molar-refractivity contribution is 9.10. The van der Waals surface area contributed by atoms with Gasteiger partial charge in [-0.3, -0.25) is 0 Å². The Bertz CT molecular complexity index is 477. The van der Waals surface area contributed by atoms with Crippen LogP contribution in [-0.4, -0.2) is 30.8 Å². The fourth-order valence-corrected chi connectivity index (χ4v) is 3.72. The minimum absolute atomic E-state index is 0.293. The minimum Gasteiger partial charge on any atom is -0.399 e. The van der Waals surface area contributed by atoms with Gasteiger partial charge in [0.1, 0.15) is 0 Å². The van der Waals surface area contributed by atoms with E-state index in [2.05, 4.69) is 79.9 Å². The Morgan fingerprint density at radius 2 is 1.53 bits per heavy atom. The second kappa shape index (κ2) is 4.48. The SMILES string of the molecule is CC1(C)OB(c2cn([Si](C)(C)C)cc2Br)OC1(C)C. The van der Waals surface area contributed by atoms with Crippen molar-refractivity contribution in [3.05, 3.63) is 16.9 Å². The third-order valence-electron chi connectivity index (χ3n) is 4.09. The average Bonchev–Trinajstić information content (AvgIpc) is 2.65. The van der Waals surface area contributed by atoms with Crippen LogP contribution in [0.15, 0.2) is 16.9 Å². The van der Waals surface area contributed by atoms with Gasteiger partial charge in [-0.05, 0) is 49.8 Å². The van der Waals surface area contributed by atoms with E-state index in [0.717, 1.165) is 9.94 Å². The molecular formula is C13H23BBrNO2Si. The van der Waals surface area contributed by atoms with Gasteiger partial charge in [-0.25, -0.2) is 0 Å². The Labute approximate surface area is 126 Å². The molecule has 0 unspecified atom stereocenters. The van der Waals surface area contributed by atoms with Crippen molar-refractivity contribution in [3.63, 3.8) is 0 Å². The second-order valence-electron chi connectivity index (χ2n) is 7.23. The van der Waals surface area contributed by atoms with Crippen molar-refractivity contribution in [2.45, 2.75) is 58.5 Å². The van der Waals surface area contributed by atoms with Crippen molar-refractivity contribution in [3.8, 4) is 0 Å². The number of hydrogen-bond acceptors (Lipinski definition) is 2. The maximum atomic E-state index is 6.11. The Hall–Kier alpha value is -0.0382. The maximum Gasteiger partial charge on any atom is 0.497 e. The van der Waals surface area contributed by atoms with Gasteiger partial charge in [0.2, 0.25) is 0 Å². The smallest absolute Gasteiger partial charge is 0.399 e. The third kappa shape index (κ3) is 2.73. The van der Waals surface area contributed by atoms with Gasteiger partial charge < -0.3 is 13.5 Å². The molecule has 1 aliphatic rings. The Morgan fingerprint density at radius 3 is 1.89 bits per heavy atom. The van der Waals surface area contributed by atoms with E-state index in [4.69, 9.17) is 9.31 Å². The van der Waals surface area contributed by atoms with Crippen molar-refractivity contribution < 1.29 is 9.31 Å². The number of halogens is 1. The average molecular weight is 344 g/mol. The molecule has 3 nitrogen and oxygen atoms in total. The van der Waals surface area contributed by atoms with Gasteiger partial charge in [0.15, 0.2) is 8.24 Å². The van der Waals surface area contributed by atoms with Crippen LogP contribution < -0.4 is 5.46 Å². The third-order valence-corrected chi connectivity index (χ3v) is 6.56. The highest BCUT2D eigenvalue weighted by Gasteiger charge is 2.52. The number of hydrogen-bond donors (Lipinski definition) is 0. The summed E-state index contributed by atoms with van der Waals surface area (Å²) in [6.45, 7) is 15.3. The summed E-state index contributed by atoms with van der Waals surface area (Å²) >= 11 is 3.64. The van der Waals surface area contributed by atoms with Crippen LogP contribution in [0.1, 0.15) is 27.7 Å². The van der Waals surface area contributed by atoms with E-state index >= 15 is 0 Å². The van der Waals surface area contributed by atoms with Gasteiger partial charge in [-0.1, -0.05) is 19.6 Å². The van der Waals surface area contributed by atoms with E-state index < -0.39 is 8.24 Å². The lowest BCUT2D eigenvalue weighted by atomic mass is 9.81. The lowest BCUT2D eigenvalue weighted by Gasteiger charge is -2.32. The second-order valence-corrected chi connectivity index (χ2v) is 12.9. The molecule has 1 aromatic heterocycles. The molecule has 19 heavy (non-hydrogen) atoms. The molecule has 1 aromatic rings. The zero-order valence-corrected chi connectivity index (χ0v) is 15.5. The lowest BCUT2D eigenvalue weighted by molar-refractivity contribution is 0.00578.